The molecule has 1 fully saturated rings. The van der Waals surface area contributed by atoms with Crippen molar-refractivity contribution < 1.29 is 14.2 Å². The summed E-state index contributed by atoms with van der Waals surface area (Å²) in [6, 6.07) is 5.90. The zero-order chi connectivity index (χ0) is 17.9. The lowest BCUT2D eigenvalue weighted by Gasteiger charge is -2.21. The lowest BCUT2D eigenvalue weighted by atomic mass is 9.96. The highest BCUT2D eigenvalue weighted by atomic mass is 16.5. The van der Waals surface area contributed by atoms with Crippen LogP contribution >= 0.6 is 0 Å². The number of ether oxygens (including phenoxy) is 2. The second-order valence-electron chi connectivity index (χ2n) is 6.83. The Hall–Kier alpha value is -1.71. The van der Waals surface area contributed by atoms with Gasteiger partial charge in [0.1, 0.15) is 0 Å². The first kappa shape index (κ1) is 19.6. The number of rotatable bonds is 10. The standard InChI is InChI=1S/C21H33NO3/c1-3-5-6-10-15-25-20-14-13-18(16-21(20)24-4-2)17-22(23)19-11-8-7-9-12-19/h13-14,16-17,19H,3-12,15H2,1-2H3/b22-17-. The molecule has 0 atom stereocenters. The van der Waals surface area contributed by atoms with E-state index in [1.165, 1.54) is 25.7 Å². The fourth-order valence-electron chi connectivity index (χ4n) is 3.29. The van der Waals surface area contributed by atoms with Gasteiger partial charge in [0.15, 0.2) is 23.8 Å². The van der Waals surface area contributed by atoms with Gasteiger partial charge >= 0.3 is 0 Å². The molecule has 1 aromatic carbocycles. The van der Waals surface area contributed by atoms with Crippen LogP contribution in [0, 0.1) is 5.21 Å². The van der Waals surface area contributed by atoms with E-state index in [4.69, 9.17) is 9.47 Å². The number of hydrogen-bond donors (Lipinski definition) is 0. The summed E-state index contributed by atoms with van der Waals surface area (Å²) in [4.78, 5) is 0. The predicted molar refractivity (Wildman–Crippen MR) is 103 cm³/mol. The molecule has 0 spiro atoms. The number of benzene rings is 1. The van der Waals surface area contributed by atoms with E-state index in [1.807, 2.05) is 25.1 Å². The molecule has 0 radical (unpaired) electrons. The molecule has 1 aromatic rings. The van der Waals surface area contributed by atoms with E-state index in [2.05, 4.69) is 6.92 Å². The third-order valence-corrected chi connectivity index (χ3v) is 4.73. The smallest absolute Gasteiger partial charge is 0.182 e. The molecule has 0 unspecified atom stereocenters. The van der Waals surface area contributed by atoms with Gasteiger partial charge in [0.25, 0.3) is 0 Å². The summed E-state index contributed by atoms with van der Waals surface area (Å²) in [5.74, 6) is 1.49. The average Bonchev–Trinajstić information content (AvgIpc) is 2.64. The molecule has 2 rings (SSSR count). The maximum absolute atomic E-state index is 12.4. The van der Waals surface area contributed by atoms with Crippen molar-refractivity contribution in [3.05, 3.63) is 29.0 Å². The first-order valence-electron chi connectivity index (χ1n) is 9.94. The van der Waals surface area contributed by atoms with Gasteiger partial charge in [-0.3, -0.25) is 0 Å². The van der Waals surface area contributed by atoms with Crippen LogP contribution in [0.1, 0.15) is 77.2 Å². The Kier molecular flexibility index (Phi) is 8.64. The third-order valence-electron chi connectivity index (χ3n) is 4.73. The Labute approximate surface area is 152 Å². The molecule has 140 valence electrons. The minimum atomic E-state index is 0.124. The van der Waals surface area contributed by atoms with Crippen LogP contribution < -0.4 is 9.47 Å². The Bertz CT molecular complexity index is 536. The molecule has 1 aliphatic rings. The number of nitrogens with zero attached hydrogens (tertiary/aromatic N) is 1. The molecular formula is C21H33NO3. The van der Waals surface area contributed by atoms with Crippen LogP contribution in [0.2, 0.25) is 0 Å². The molecule has 0 amide bonds. The average molecular weight is 347 g/mol. The van der Waals surface area contributed by atoms with Crippen LogP contribution in [0.15, 0.2) is 18.2 Å². The van der Waals surface area contributed by atoms with Crippen LogP contribution in [-0.4, -0.2) is 30.2 Å². The van der Waals surface area contributed by atoms with E-state index >= 15 is 0 Å². The first-order chi connectivity index (χ1) is 12.2. The van der Waals surface area contributed by atoms with Crippen molar-refractivity contribution in [2.45, 2.75) is 77.7 Å². The number of hydroxylamine groups is 1. The second kappa shape index (κ2) is 11.0. The second-order valence-corrected chi connectivity index (χ2v) is 6.83. The summed E-state index contributed by atoms with van der Waals surface area (Å²) in [6.45, 7) is 5.46. The van der Waals surface area contributed by atoms with Gasteiger partial charge in [-0.1, -0.05) is 32.6 Å². The van der Waals surface area contributed by atoms with Crippen molar-refractivity contribution in [3.8, 4) is 11.5 Å². The van der Waals surface area contributed by atoms with E-state index < -0.39 is 0 Å². The molecule has 1 saturated carbocycles. The van der Waals surface area contributed by atoms with Gasteiger partial charge in [-0.25, -0.2) is 4.74 Å². The van der Waals surface area contributed by atoms with Gasteiger partial charge in [0, 0.05) is 18.4 Å². The Morgan fingerprint density at radius 1 is 1.04 bits per heavy atom. The van der Waals surface area contributed by atoms with Crippen molar-refractivity contribution in [1.82, 2.24) is 0 Å². The fraction of sp³-hybridized carbons (Fsp3) is 0.667. The molecule has 25 heavy (non-hydrogen) atoms. The zero-order valence-electron chi connectivity index (χ0n) is 15.8. The normalized spacial score (nSPS) is 16.0. The highest BCUT2D eigenvalue weighted by molar-refractivity contribution is 5.77. The number of unbranched alkanes of at least 4 members (excludes halogenated alkanes) is 3. The van der Waals surface area contributed by atoms with Gasteiger partial charge in [-0.15, -0.1) is 0 Å². The van der Waals surface area contributed by atoms with Crippen LogP contribution in [0.4, 0.5) is 0 Å². The SMILES string of the molecule is CCCCCCOc1ccc(/C=[N+](\[O-])C2CCCCC2)cc1OCC. The molecule has 1 aliphatic carbocycles. The van der Waals surface area contributed by atoms with Crippen molar-refractivity contribution in [1.29, 1.82) is 0 Å². The Morgan fingerprint density at radius 3 is 2.56 bits per heavy atom. The van der Waals surface area contributed by atoms with E-state index in [0.29, 0.717) is 13.2 Å². The molecular weight excluding hydrogens is 314 g/mol. The van der Waals surface area contributed by atoms with Crippen molar-refractivity contribution in [2.24, 2.45) is 0 Å². The van der Waals surface area contributed by atoms with Gasteiger partial charge in [0.2, 0.25) is 0 Å². The van der Waals surface area contributed by atoms with Gasteiger partial charge < -0.3 is 14.7 Å². The molecule has 0 bridgehead atoms. The van der Waals surface area contributed by atoms with E-state index in [0.717, 1.165) is 53.9 Å². The lowest BCUT2D eigenvalue weighted by Crippen LogP contribution is -2.25. The molecule has 4 nitrogen and oxygen atoms in total. The molecule has 0 aromatic heterocycles. The summed E-state index contributed by atoms with van der Waals surface area (Å²) in [7, 11) is 0. The monoisotopic (exact) mass is 347 g/mol. The van der Waals surface area contributed by atoms with E-state index in [1.54, 1.807) is 6.21 Å². The Balaban J connectivity index is 2.01. The maximum atomic E-state index is 12.4. The van der Waals surface area contributed by atoms with Gasteiger partial charge in [-0.05, 0) is 44.4 Å². The first-order valence-corrected chi connectivity index (χ1v) is 9.94. The summed E-state index contributed by atoms with van der Waals surface area (Å²) in [5.41, 5.74) is 0.877. The van der Waals surface area contributed by atoms with Crippen molar-refractivity contribution in [2.75, 3.05) is 13.2 Å². The van der Waals surface area contributed by atoms with E-state index in [9.17, 15) is 5.21 Å². The van der Waals surface area contributed by atoms with Crippen LogP contribution in [-0.2, 0) is 0 Å². The minimum Gasteiger partial charge on any atom is -0.624 e. The van der Waals surface area contributed by atoms with Crippen molar-refractivity contribution >= 4 is 6.21 Å². The molecule has 4 heteroatoms. The summed E-state index contributed by atoms with van der Waals surface area (Å²) < 4.78 is 12.7. The third kappa shape index (κ3) is 6.60. The highest BCUT2D eigenvalue weighted by Gasteiger charge is 2.19. The van der Waals surface area contributed by atoms with E-state index in [-0.39, 0.29) is 6.04 Å². The van der Waals surface area contributed by atoms with Gasteiger partial charge in [-0.2, -0.15) is 0 Å². The minimum absolute atomic E-state index is 0.124. The topological polar surface area (TPSA) is 44.5 Å². The molecule has 0 N–H and O–H groups in total. The Morgan fingerprint density at radius 2 is 1.84 bits per heavy atom. The predicted octanol–water partition coefficient (Wildman–Crippen LogP) is 5.31. The highest BCUT2D eigenvalue weighted by Crippen LogP contribution is 2.28. The zero-order valence-corrected chi connectivity index (χ0v) is 15.8. The quantitative estimate of drug-likeness (QED) is 0.189. The van der Waals surface area contributed by atoms with Crippen LogP contribution in [0.5, 0.6) is 11.5 Å². The summed E-state index contributed by atoms with van der Waals surface area (Å²) >= 11 is 0. The van der Waals surface area contributed by atoms with Crippen LogP contribution in [0.25, 0.3) is 0 Å². The summed E-state index contributed by atoms with van der Waals surface area (Å²) in [6.07, 6.45) is 12.0. The van der Waals surface area contributed by atoms with Gasteiger partial charge in [0.05, 0.1) is 13.2 Å². The number of hydrogen-bond acceptors (Lipinski definition) is 3. The molecule has 0 heterocycles. The van der Waals surface area contributed by atoms with Crippen molar-refractivity contribution in [3.63, 3.8) is 0 Å². The maximum Gasteiger partial charge on any atom is 0.182 e. The molecule has 0 saturated heterocycles. The van der Waals surface area contributed by atoms with Crippen LogP contribution in [0.3, 0.4) is 0 Å². The largest absolute Gasteiger partial charge is 0.624 e. The fourth-order valence-corrected chi connectivity index (χ4v) is 3.29. The summed E-state index contributed by atoms with van der Waals surface area (Å²) in [5, 5.41) is 12.4. The molecule has 0 aliphatic heterocycles. The lowest BCUT2D eigenvalue weighted by molar-refractivity contribution is -0.500.